The lowest BCUT2D eigenvalue weighted by molar-refractivity contribution is 0.0841. The summed E-state index contributed by atoms with van der Waals surface area (Å²) in [4.78, 5) is 12.7. The highest BCUT2D eigenvalue weighted by Gasteiger charge is 2.24. The third-order valence-electron chi connectivity index (χ3n) is 5.04. The molecule has 0 saturated heterocycles. The van der Waals surface area contributed by atoms with Crippen LogP contribution in [0.25, 0.3) is 0 Å². The summed E-state index contributed by atoms with van der Waals surface area (Å²) in [7, 11) is -2.36. The molecule has 1 unspecified atom stereocenters. The van der Waals surface area contributed by atoms with E-state index in [2.05, 4.69) is 5.32 Å². The average Bonchev–Trinajstić information content (AvgIpc) is 3.29. The van der Waals surface area contributed by atoms with Crippen molar-refractivity contribution in [1.82, 2.24) is 9.62 Å². The molecule has 0 fully saturated rings. The summed E-state index contributed by atoms with van der Waals surface area (Å²) >= 11 is 0. The number of fused-ring (bicyclic) bond motifs is 1. The lowest BCUT2D eigenvalue weighted by Gasteiger charge is -2.19. The smallest absolute Gasteiger partial charge is 0.255 e. The van der Waals surface area contributed by atoms with Gasteiger partial charge < -0.3 is 29.4 Å². The molecule has 10 nitrogen and oxygen atoms in total. The van der Waals surface area contributed by atoms with E-state index in [4.69, 9.17) is 18.9 Å². The molecule has 3 rings (SSSR count). The number of amides is 1. The van der Waals surface area contributed by atoms with Crippen molar-refractivity contribution in [3.8, 4) is 23.0 Å². The van der Waals surface area contributed by atoms with Gasteiger partial charge in [0.15, 0.2) is 11.5 Å². The number of benzene rings is 2. The summed E-state index contributed by atoms with van der Waals surface area (Å²) in [5.41, 5.74) is 0.0506. The first-order valence-electron chi connectivity index (χ1n) is 10.5. The Hall–Kier alpha value is -3.02. The molecule has 0 spiro atoms. The van der Waals surface area contributed by atoms with E-state index in [1.807, 2.05) is 0 Å². The van der Waals surface area contributed by atoms with Gasteiger partial charge in [0.2, 0.25) is 16.8 Å². The second-order valence-corrected chi connectivity index (χ2v) is 9.08. The highest BCUT2D eigenvalue weighted by Crippen LogP contribution is 2.35. The van der Waals surface area contributed by atoms with Crippen molar-refractivity contribution < 1.29 is 37.3 Å². The van der Waals surface area contributed by atoms with Crippen molar-refractivity contribution in [2.24, 2.45) is 0 Å². The Labute approximate surface area is 193 Å². The molecule has 0 bridgehead atoms. The van der Waals surface area contributed by atoms with Crippen LogP contribution in [-0.4, -0.2) is 70.0 Å². The molecule has 180 valence electrons. The number of rotatable bonds is 11. The maximum Gasteiger partial charge on any atom is 0.255 e. The fourth-order valence-electron chi connectivity index (χ4n) is 3.26. The minimum Gasteiger partial charge on any atom is -0.496 e. The third kappa shape index (κ3) is 5.67. The van der Waals surface area contributed by atoms with Crippen LogP contribution in [0.15, 0.2) is 41.3 Å². The Morgan fingerprint density at radius 2 is 1.88 bits per heavy atom. The van der Waals surface area contributed by atoms with E-state index in [1.54, 1.807) is 32.0 Å². The van der Waals surface area contributed by atoms with Gasteiger partial charge in [-0.25, -0.2) is 8.42 Å². The lowest BCUT2D eigenvalue weighted by atomic mass is 10.2. The number of sulfonamides is 1. The van der Waals surface area contributed by atoms with Crippen molar-refractivity contribution in [1.29, 1.82) is 0 Å². The molecule has 33 heavy (non-hydrogen) atoms. The summed E-state index contributed by atoms with van der Waals surface area (Å²) in [6.07, 6.45) is -1.01. The molecule has 2 aromatic carbocycles. The van der Waals surface area contributed by atoms with Crippen molar-refractivity contribution in [2.75, 3.05) is 40.1 Å². The summed E-state index contributed by atoms with van der Waals surface area (Å²) in [5.74, 6) is 1.31. The number of nitrogens with one attached hydrogen (secondary N) is 1. The van der Waals surface area contributed by atoms with Crippen molar-refractivity contribution in [3.63, 3.8) is 0 Å². The van der Waals surface area contributed by atoms with Crippen LogP contribution >= 0.6 is 0 Å². The molecule has 2 N–H and O–H groups in total. The van der Waals surface area contributed by atoms with Crippen LogP contribution in [0.1, 0.15) is 24.2 Å². The minimum absolute atomic E-state index is 0.0103. The molecule has 11 heteroatoms. The van der Waals surface area contributed by atoms with Crippen LogP contribution < -0.4 is 24.3 Å². The molecule has 1 atom stereocenters. The Morgan fingerprint density at radius 1 is 1.15 bits per heavy atom. The Balaban J connectivity index is 1.63. The number of aliphatic hydroxyl groups excluding tert-OH is 1. The SMILES string of the molecule is CCN(CC)S(=O)(=O)c1ccc(OC)c(C(=O)NCC(O)COc2ccc3c(c2)OCO3)c1. The molecular weight excluding hydrogens is 452 g/mol. The van der Waals surface area contributed by atoms with Crippen LogP contribution in [0, 0.1) is 0 Å². The highest BCUT2D eigenvalue weighted by molar-refractivity contribution is 7.89. The van der Waals surface area contributed by atoms with Crippen LogP contribution in [-0.2, 0) is 10.0 Å². The molecule has 0 saturated carbocycles. The molecule has 1 aliphatic rings. The zero-order valence-corrected chi connectivity index (χ0v) is 19.6. The van der Waals surface area contributed by atoms with Gasteiger partial charge in [-0.2, -0.15) is 4.31 Å². The van der Waals surface area contributed by atoms with E-state index in [-0.39, 0.29) is 36.2 Å². The largest absolute Gasteiger partial charge is 0.496 e. The van der Waals surface area contributed by atoms with E-state index < -0.39 is 22.0 Å². The summed E-state index contributed by atoms with van der Waals surface area (Å²) in [5, 5.41) is 12.8. The van der Waals surface area contributed by atoms with Gasteiger partial charge in [-0.1, -0.05) is 13.8 Å². The van der Waals surface area contributed by atoms with Crippen LogP contribution in [0.4, 0.5) is 0 Å². The molecule has 1 amide bonds. The Bertz CT molecular complexity index is 1090. The van der Waals surface area contributed by atoms with E-state index >= 15 is 0 Å². The van der Waals surface area contributed by atoms with Gasteiger partial charge in [-0.15, -0.1) is 0 Å². The number of ether oxygens (including phenoxy) is 4. The van der Waals surface area contributed by atoms with Crippen LogP contribution in [0.3, 0.4) is 0 Å². The maximum atomic E-state index is 12.8. The molecule has 1 aliphatic heterocycles. The summed E-state index contributed by atoms with van der Waals surface area (Å²) in [6, 6.07) is 9.16. The van der Waals surface area contributed by atoms with Gasteiger partial charge >= 0.3 is 0 Å². The first-order chi connectivity index (χ1) is 15.8. The molecule has 2 aromatic rings. The number of methoxy groups -OCH3 is 1. The van der Waals surface area contributed by atoms with E-state index in [1.165, 1.54) is 29.6 Å². The number of hydrogen-bond donors (Lipinski definition) is 2. The van der Waals surface area contributed by atoms with E-state index in [0.29, 0.717) is 30.3 Å². The monoisotopic (exact) mass is 480 g/mol. The predicted octanol–water partition coefficient (Wildman–Crippen LogP) is 1.62. The number of hydrogen-bond acceptors (Lipinski definition) is 8. The maximum absolute atomic E-state index is 12.8. The van der Waals surface area contributed by atoms with Crippen molar-refractivity contribution in [3.05, 3.63) is 42.0 Å². The van der Waals surface area contributed by atoms with Gasteiger partial charge in [-0.3, -0.25) is 4.79 Å². The topological polar surface area (TPSA) is 124 Å². The number of carbonyl (C=O) groups is 1. The van der Waals surface area contributed by atoms with Gasteiger partial charge in [0.25, 0.3) is 5.91 Å². The Morgan fingerprint density at radius 3 is 2.58 bits per heavy atom. The third-order valence-corrected chi connectivity index (χ3v) is 7.09. The van der Waals surface area contributed by atoms with E-state index in [9.17, 15) is 18.3 Å². The second kappa shape index (κ2) is 10.7. The van der Waals surface area contributed by atoms with Crippen LogP contribution in [0.5, 0.6) is 23.0 Å². The van der Waals surface area contributed by atoms with Gasteiger partial charge in [0.1, 0.15) is 24.2 Å². The Kier molecular flexibility index (Phi) is 8.01. The highest BCUT2D eigenvalue weighted by atomic mass is 32.2. The fraction of sp³-hybridized carbons (Fsp3) is 0.409. The average molecular weight is 481 g/mol. The zero-order valence-electron chi connectivity index (χ0n) is 18.7. The van der Waals surface area contributed by atoms with Crippen molar-refractivity contribution in [2.45, 2.75) is 24.8 Å². The first kappa shape index (κ1) is 24.6. The summed E-state index contributed by atoms with van der Waals surface area (Å²) in [6.45, 7) is 4.06. The fourth-order valence-corrected chi connectivity index (χ4v) is 4.75. The van der Waals surface area contributed by atoms with Gasteiger partial charge in [-0.05, 0) is 30.3 Å². The molecular formula is C22H28N2O8S. The van der Waals surface area contributed by atoms with E-state index in [0.717, 1.165) is 0 Å². The molecule has 0 aliphatic carbocycles. The molecule has 1 heterocycles. The standard InChI is InChI=1S/C22H28N2O8S/c1-4-24(5-2)33(27,28)17-7-9-19(29-3)18(11-17)22(26)23-12-15(25)13-30-16-6-8-20-21(10-16)32-14-31-20/h6-11,15,25H,4-5,12-14H2,1-3H3,(H,23,26). The molecule has 0 aromatic heterocycles. The van der Waals surface area contributed by atoms with Gasteiger partial charge in [0, 0.05) is 25.7 Å². The van der Waals surface area contributed by atoms with Crippen molar-refractivity contribution >= 4 is 15.9 Å². The number of carbonyl (C=O) groups excluding carboxylic acids is 1. The number of aliphatic hydroxyl groups is 1. The lowest BCUT2D eigenvalue weighted by Crippen LogP contribution is -2.35. The predicted molar refractivity (Wildman–Crippen MR) is 120 cm³/mol. The zero-order chi connectivity index (χ0) is 24.0. The quantitative estimate of drug-likeness (QED) is 0.497. The normalized spacial score (nSPS) is 13.6. The number of nitrogens with zero attached hydrogens (tertiary/aromatic N) is 1. The minimum atomic E-state index is -3.75. The van der Waals surface area contributed by atoms with Crippen LogP contribution in [0.2, 0.25) is 0 Å². The summed E-state index contributed by atoms with van der Waals surface area (Å²) < 4.78 is 48.2. The molecule has 0 radical (unpaired) electrons. The second-order valence-electron chi connectivity index (χ2n) is 7.14. The first-order valence-corrected chi connectivity index (χ1v) is 11.9. The van der Waals surface area contributed by atoms with Gasteiger partial charge in [0.05, 0.1) is 17.6 Å².